The summed E-state index contributed by atoms with van der Waals surface area (Å²) < 4.78 is 5.18. The van der Waals surface area contributed by atoms with Crippen molar-refractivity contribution >= 4 is 0 Å². The molecule has 1 unspecified atom stereocenters. The first kappa shape index (κ1) is 14.4. The van der Waals surface area contributed by atoms with E-state index in [0.717, 1.165) is 34.7 Å². The van der Waals surface area contributed by atoms with Crippen molar-refractivity contribution in [3.63, 3.8) is 0 Å². The highest BCUT2D eigenvalue weighted by atomic mass is 16.5. The lowest BCUT2D eigenvalue weighted by Gasteiger charge is -2.19. The number of benzene rings is 1. The minimum atomic E-state index is -0.106. The van der Waals surface area contributed by atoms with E-state index >= 15 is 0 Å². The topological polar surface area (TPSA) is 73.1 Å². The summed E-state index contributed by atoms with van der Waals surface area (Å²) in [5.74, 6) is 6.58. The van der Waals surface area contributed by atoms with Crippen molar-refractivity contribution < 1.29 is 4.74 Å². The van der Waals surface area contributed by atoms with E-state index in [4.69, 9.17) is 10.6 Å². The predicted octanol–water partition coefficient (Wildman–Crippen LogP) is 1.91. The van der Waals surface area contributed by atoms with Gasteiger partial charge in [-0.2, -0.15) is 10.2 Å². The highest BCUT2D eigenvalue weighted by molar-refractivity contribution is 5.37. The van der Waals surface area contributed by atoms with Crippen molar-refractivity contribution in [1.29, 1.82) is 0 Å². The molecule has 5 heteroatoms. The molecule has 0 aliphatic heterocycles. The first-order chi connectivity index (χ1) is 9.69. The van der Waals surface area contributed by atoms with E-state index in [1.165, 1.54) is 0 Å². The molecule has 3 N–H and O–H groups in total. The van der Waals surface area contributed by atoms with Gasteiger partial charge in [-0.1, -0.05) is 19.1 Å². The second kappa shape index (κ2) is 6.45. The average molecular weight is 272 g/mol. The second-order valence-corrected chi connectivity index (χ2v) is 4.61. The van der Waals surface area contributed by atoms with Crippen LogP contribution in [0.3, 0.4) is 0 Å². The van der Waals surface area contributed by atoms with Crippen LogP contribution < -0.4 is 16.0 Å². The number of rotatable bonds is 5. The number of ether oxygens (including phenoxy) is 1. The molecule has 106 valence electrons. The molecule has 0 saturated heterocycles. The maximum atomic E-state index is 5.75. The van der Waals surface area contributed by atoms with Crippen molar-refractivity contribution in [1.82, 2.24) is 15.6 Å². The van der Waals surface area contributed by atoms with Crippen molar-refractivity contribution in [2.75, 3.05) is 7.11 Å². The number of hydrogen-bond donors (Lipinski definition) is 2. The van der Waals surface area contributed by atoms with Gasteiger partial charge in [-0.15, -0.1) is 0 Å². The van der Waals surface area contributed by atoms with Crippen LogP contribution in [0.1, 0.15) is 35.5 Å². The molecule has 0 amide bonds. The predicted molar refractivity (Wildman–Crippen MR) is 78.3 cm³/mol. The minimum absolute atomic E-state index is 0.106. The molecule has 1 atom stereocenters. The Morgan fingerprint density at radius 2 is 1.95 bits per heavy atom. The number of hydrazine groups is 1. The van der Waals surface area contributed by atoms with Crippen LogP contribution in [0.5, 0.6) is 5.75 Å². The Kier molecular flexibility index (Phi) is 4.65. The Morgan fingerprint density at radius 3 is 2.50 bits per heavy atom. The molecular weight excluding hydrogens is 252 g/mol. The number of aryl methyl sites for hydroxylation is 2. The third-order valence-electron chi connectivity index (χ3n) is 3.29. The zero-order valence-corrected chi connectivity index (χ0v) is 12.1. The van der Waals surface area contributed by atoms with Crippen molar-refractivity contribution in [3.05, 3.63) is 52.8 Å². The van der Waals surface area contributed by atoms with Crippen LogP contribution in [0.4, 0.5) is 0 Å². The number of hydrogen-bond acceptors (Lipinski definition) is 5. The summed E-state index contributed by atoms with van der Waals surface area (Å²) in [5, 5.41) is 8.36. The SMILES string of the molecule is CCc1nnc(C)cc1C(NN)c1ccc(OC)cc1. The molecule has 0 saturated carbocycles. The molecule has 1 aromatic carbocycles. The molecule has 5 nitrogen and oxygen atoms in total. The third kappa shape index (κ3) is 2.95. The Hall–Kier alpha value is -1.98. The average Bonchev–Trinajstić information content (AvgIpc) is 2.49. The zero-order chi connectivity index (χ0) is 14.5. The Balaban J connectivity index is 2.43. The number of nitrogens with one attached hydrogen (secondary N) is 1. The molecule has 0 radical (unpaired) electrons. The number of aromatic nitrogens is 2. The maximum Gasteiger partial charge on any atom is 0.118 e. The molecule has 2 rings (SSSR count). The normalized spacial score (nSPS) is 12.2. The van der Waals surface area contributed by atoms with Crippen LogP contribution in [-0.2, 0) is 6.42 Å². The van der Waals surface area contributed by atoms with Crippen molar-refractivity contribution in [3.8, 4) is 5.75 Å². The number of nitrogens with zero attached hydrogens (tertiary/aromatic N) is 2. The van der Waals surface area contributed by atoms with Gasteiger partial charge in [0.25, 0.3) is 0 Å². The summed E-state index contributed by atoms with van der Waals surface area (Å²) >= 11 is 0. The maximum absolute atomic E-state index is 5.75. The molecule has 0 spiro atoms. The van der Waals surface area contributed by atoms with Gasteiger partial charge in [0, 0.05) is 5.56 Å². The first-order valence-electron chi connectivity index (χ1n) is 6.62. The van der Waals surface area contributed by atoms with E-state index in [2.05, 4.69) is 22.5 Å². The van der Waals surface area contributed by atoms with E-state index in [1.807, 2.05) is 37.3 Å². The Labute approximate surface area is 119 Å². The van der Waals surface area contributed by atoms with E-state index in [9.17, 15) is 0 Å². The summed E-state index contributed by atoms with van der Waals surface area (Å²) in [4.78, 5) is 0. The van der Waals surface area contributed by atoms with Gasteiger partial charge in [0.15, 0.2) is 0 Å². The monoisotopic (exact) mass is 272 g/mol. The molecule has 0 fully saturated rings. The lowest BCUT2D eigenvalue weighted by atomic mass is 9.97. The Bertz CT molecular complexity index is 569. The van der Waals surface area contributed by atoms with Crippen LogP contribution in [0.15, 0.2) is 30.3 Å². The highest BCUT2D eigenvalue weighted by Crippen LogP contribution is 2.25. The summed E-state index contributed by atoms with van der Waals surface area (Å²) in [5.41, 5.74) is 6.83. The van der Waals surface area contributed by atoms with E-state index in [-0.39, 0.29) is 6.04 Å². The van der Waals surface area contributed by atoms with Gasteiger partial charge < -0.3 is 4.74 Å². The lowest BCUT2D eigenvalue weighted by molar-refractivity contribution is 0.414. The molecule has 0 aliphatic carbocycles. The fourth-order valence-electron chi connectivity index (χ4n) is 2.22. The number of methoxy groups -OCH3 is 1. The van der Waals surface area contributed by atoms with Gasteiger partial charge in [0.2, 0.25) is 0 Å². The van der Waals surface area contributed by atoms with Gasteiger partial charge in [-0.05, 0) is 37.1 Å². The summed E-state index contributed by atoms with van der Waals surface area (Å²) in [7, 11) is 1.65. The molecule has 1 heterocycles. The van der Waals surface area contributed by atoms with Gasteiger partial charge >= 0.3 is 0 Å². The van der Waals surface area contributed by atoms with Crippen LogP contribution >= 0.6 is 0 Å². The molecule has 20 heavy (non-hydrogen) atoms. The molecule has 0 bridgehead atoms. The largest absolute Gasteiger partial charge is 0.497 e. The quantitative estimate of drug-likeness (QED) is 0.642. The smallest absolute Gasteiger partial charge is 0.118 e. The molecule has 2 aromatic rings. The molecule has 1 aromatic heterocycles. The van der Waals surface area contributed by atoms with Gasteiger partial charge in [0.1, 0.15) is 5.75 Å². The van der Waals surface area contributed by atoms with Crippen molar-refractivity contribution in [2.45, 2.75) is 26.3 Å². The third-order valence-corrected chi connectivity index (χ3v) is 3.29. The second-order valence-electron chi connectivity index (χ2n) is 4.61. The van der Waals surface area contributed by atoms with Gasteiger partial charge in [-0.25, -0.2) is 5.43 Å². The lowest BCUT2D eigenvalue weighted by Crippen LogP contribution is -2.30. The van der Waals surface area contributed by atoms with E-state index in [0.29, 0.717) is 0 Å². The van der Waals surface area contributed by atoms with Crippen LogP contribution in [0, 0.1) is 6.92 Å². The molecule has 0 aliphatic rings. The first-order valence-corrected chi connectivity index (χ1v) is 6.62. The van der Waals surface area contributed by atoms with Crippen LogP contribution in [-0.4, -0.2) is 17.3 Å². The fourth-order valence-corrected chi connectivity index (χ4v) is 2.22. The van der Waals surface area contributed by atoms with Gasteiger partial charge in [-0.3, -0.25) is 5.84 Å². The van der Waals surface area contributed by atoms with Crippen LogP contribution in [0.25, 0.3) is 0 Å². The minimum Gasteiger partial charge on any atom is -0.497 e. The van der Waals surface area contributed by atoms with Crippen molar-refractivity contribution in [2.24, 2.45) is 5.84 Å². The highest BCUT2D eigenvalue weighted by Gasteiger charge is 2.17. The Morgan fingerprint density at radius 1 is 1.25 bits per heavy atom. The molecular formula is C15H20N4O. The fraction of sp³-hybridized carbons (Fsp3) is 0.333. The zero-order valence-electron chi connectivity index (χ0n) is 12.1. The summed E-state index contributed by atoms with van der Waals surface area (Å²) in [6.45, 7) is 3.99. The standard InChI is InChI=1S/C15H20N4O/c1-4-14-13(9-10(2)18-19-14)15(17-16)11-5-7-12(20-3)8-6-11/h5-9,15,17H,4,16H2,1-3H3. The number of nitrogens with two attached hydrogens (primary N) is 1. The summed E-state index contributed by atoms with van der Waals surface area (Å²) in [6.07, 6.45) is 0.816. The van der Waals surface area contributed by atoms with E-state index in [1.54, 1.807) is 7.11 Å². The van der Waals surface area contributed by atoms with Gasteiger partial charge in [0.05, 0.1) is 24.5 Å². The van der Waals surface area contributed by atoms with Crippen LogP contribution in [0.2, 0.25) is 0 Å². The summed E-state index contributed by atoms with van der Waals surface area (Å²) in [6, 6.07) is 9.77. The van der Waals surface area contributed by atoms with E-state index < -0.39 is 0 Å².